The van der Waals surface area contributed by atoms with Gasteiger partial charge in [-0.05, 0) is 48.2 Å². The Balaban J connectivity index is 1.86. The number of methoxy groups -OCH3 is 1. The second-order valence-corrected chi connectivity index (χ2v) is 6.00. The lowest BCUT2D eigenvalue weighted by molar-refractivity contribution is -0.387. The van der Waals surface area contributed by atoms with Gasteiger partial charge in [0.1, 0.15) is 5.75 Å². The smallest absolute Gasteiger partial charge is 0.284 e. The van der Waals surface area contributed by atoms with E-state index in [1.807, 2.05) is 0 Å². The molecule has 0 aliphatic heterocycles. The molecule has 0 aliphatic rings. The molecule has 2 aromatic carbocycles. The maximum Gasteiger partial charge on any atom is 0.284 e. The molecule has 10 heteroatoms. The van der Waals surface area contributed by atoms with Crippen molar-refractivity contribution in [3.05, 3.63) is 58.1 Å². The predicted octanol–water partition coefficient (Wildman–Crippen LogP) is 2.90. The maximum absolute atomic E-state index is 11.2. The van der Waals surface area contributed by atoms with Crippen molar-refractivity contribution in [1.29, 1.82) is 0 Å². The van der Waals surface area contributed by atoms with Crippen molar-refractivity contribution in [3.63, 3.8) is 0 Å². The zero-order valence-electron chi connectivity index (χ0n) is 13.4. The van der Waals surface area contributed by atoms with Crippen LogP contribution in [0.15, 0.2) is 57.0 Å². The first-order chi connectivity index (χ1) is 12.5. The zero-order chi connectivity index (χ0) is 18.7. The number of hydrogen-bond donors (Lipinski definition) is 1. The number of aromatic nitrogens is 2. The first-order valence-corrected chi connectivity index (χ1v) is 8.03. The van der Waals surface area contributed by atoms with E-state index in [9.17, 15) is 14.9 Å². The van der Waals surface area contributed by atoms with E-state index < -0.39 is 10.8 Å². The summed E-state index contributed by atoms with van der Waals surface area (Å²) in [5.41, 5.74) is 5.62. The van der Waals surface area contributed by atoms with E-state index in [1.165, 1.54) is 12.1 Å². The third-order valence-corrected chi connectivity index (χ3v) is 4.29. The van der Waals surface area contributed by atoms with Crippen LogP contribution in [0.2, 0.25) is 0 Å². The van der Waals surface area contributed by atoms with Gasteiger partial charge >= 0.3 is 0 Å². The van der Waals surface area contributed by atoms with Crippen molar-refractivity contribution >= 4 is 23.4 Å². The van der Waals surface area contributed by atoms with Crippen molar-refractivity contribution < 1.29 is 18.9 Å². The van der Waals surface area contributed by atoms with Gasteiger partial charge in [-0.25, -0.2) is 0 Å². The molecular formula is C16H12N4O5S. The van der Waals surface area contributed by atoms with Crippen molar-refractivity contribution in [2.75, 3.05) is 7.11 Å². The van der Waals surface area contributed by atoms with Crippen LogP contribution < -0.4 is 10.5 Å². The summed E-state index contributed by atoms with van der Waals surface area (Å²) in [5.74, 6) is 0.212. The van der Waals surface area contributed by atoms with Crippen molar-refractivity contribution in [2.24, 2.45) is 5.73 Å². The van der Waals surface area contributed by atoms with E-state index in [2.05, 4.69) is 10.2 Å². The van der Waals surface area contributed by atoms with Gasteiger partial charge in [0.25, 0.3) is 10.9 Å². The van der Waals surface area contributed by atoms with Gasteiger partial charge in [-0.2, -0.15) is 0 Å². The second kappa shape index (κ2) is 7.23. The van der Waals surface area contributed by atoms with Gasteiger partial charge in [0.2, 0.25) is 11.8 Å². The third-order valence-electron chi connectivity index (χ3n) is 3.38. The van der Waals surface area contributed by atoms with E-state index in [0.717, 1.165) is 17.8 Å². The molecule has 1 amide bonds. The van der Waals surface area contributed by atoms with Crippen LogP contribution in [0, 0.1) is 10.1 Å². The number of primary amides is 1. The van der Waals surface area contributed by atoms with E-state index in [1.54, 1.807) is 31.4 Å². The average Bonchev–Trinajstić information content (AvgIpc) is 3.10. The lowest BCUT2D eigenvalue weighted by Crippen LogP contribution is -2.11. The molecule has 0 aliphatic carbocycles. The van der Waals surface area contributed by atoms with E-state index in [0.29, 0.717) is 11.3 Å². The van der Waals surface area contributed by atoms with Crippen molar-refractivity contribution in [2.45, 2.75) is 10.1 Å². The quantitative estimate of drug-likeness (QED) is 0.515. The van der Waals surface area contributed by atoms with E-state index >= 15 is 0 Å². The van der Waals surface area contributed by atoms with Crippen LogP contribution >= 0.6 is 11.8 Å². The van der Waals surface area contributed by atoms with E-state index in [-0.39, 0.29) is 27.3 Å². The SMILES string of the molecule is COc1ccc(-c2nnc(Sc3ccc(C(N)=O)cc3[N+](=O)[O-])o2)cc1. The molecule has 2 N–H and O–H groups in total. The highest BCUT2D eigenvalue weighted by atomic mass is 32.2. The van der Waals surface area contributed by atoms with Crippen LogP contribution in [0.5, 0.6) is 5.75 Å². The monoisotopic (exact) mass is 372 g/mol. The normalized spacial score (nSPS) is 10.5. The number of benzene rings is 2. The first kappa shape index (κ1) is 17.4. The van der Waals surface area contributed by atoms with Crippen LogP contribution in [-0.4, -0.2) is 28.1 Å². The molecule has 0 spiro atoms. The summed E-state index contributed by atoms with van der Waals surface area (Å²) < 4.78 is 10.6. The first-order valence-electron chi connectivity index (χ1n) is 7.22. The van der Waals surface area contributed by atoms with Gasteiger partial charge in [0, 0.05) is 17.2 Å². The number of nitro benzene ring substituents is 1. The Morgan fingerprint density at radius 2 is 1.96 bits per heavy atom. The van der Waals surface area contributed by atoms with Crippen LogP contribution in [-0.2, 0) is 0 Å². The Morgan fingerprint density at radius 3 is 2.58 bits per heavy atom. The Kier molecular flexibility index (Phi) is 4.85. The number of carbonyl (C=O) groups excluding carboxylic acids is 1. The number of carbonyl (C=O) groups is 1. The molecule has 1 aromatic heterocycles. The lowest BCUT2D eigenvalue weighted by Gasteiger charge is -2.01. The lowest BCUT2D eigenvalue weighted by atomic mass is 10.2. The summed E-state index contributed by atoms with van der Waals surface area (Å²) in [6, 6.07) is 10.9. The molecule has 1 heterocycles. The number of amides is 1. The number of rotatable bonds is 6. The molecule has 9 nitrogen and oxygen atoms in total. The van der Waals surface area contributed by atoms with Crippen LogP contribution in [0.3, 0.4) is 0 Å². The second-order valence-electron chi connectivity index (χ2n) is 5.01. The molecule has 0 saturated heterocycles. The fourth-order valence-corrected chi connectivity index (χ4v) is 2.86. The highest BCUT2D eigenvalue weighted by Gasteiger charge is 2.20. The van der Waals surface area contributed by atoms with Gasteiger partial charge in [-0.15, -0.1) is 10.2 Å². The average molecular weight is 372 g/mol. The zero-order valence-corrected chi connectivity index (χ0v) is 14.2. The van der Waals surface area contributed by atoms with Crippen LogP contribution in [0.25, 0.3) is 11.5 Å². The Hall–Kier alpha value is -3.40. The van der Waals surface area contributed by atoms with Gasteiger partial charge in [-0.1, -0.05) is 0 Å². The highest BCUT2D eigenvalue weighted by molar-refractivity contribution is 7.99. The van der Waals surface area contributed by atoms with Crippen LogP contribution in [0.1, 0.15) is 10.4 Å². The summed E-state index contributed by atoms with van der Waals surface area (Å²) in [6.07, 6.45) is 0. The Morgan fingerprint density at radius 1 is 1.23 bits per heavy atom. The minimum atomic E-state index is -0.746. The number of nitrogens with two attached hydrogens (primary N) is 1. The molecule has 0 saturated carbocycles. The van der Waals surface area contributed by atoms with Crippen LogP contribution in [0.4, 0.5) is 5.69 Å². The third kappa shape index (κ3) is 3.64. The number of hydrogen-bond acceptors (Lipinski definition) is 8. The fraction of sp³-hybridized carbons (Fsp3) is 0.0625. The van der Waals surface area contributed by atoms with E-state index in [4.69, 9.17) is 14.9 Å². The van der Waals surface area contributed by atoms with Crippen molar-refractivity contribution in [1.82, 2.24) is 10.2 Å². The molecule has 132 valence electrons. The number of nitrogens with zero attached hydrogens (tertiary/aromatic N) is 3. The molecule has 0 radical (unpaired) electrons. The Bertz CT molecular complexity index is 971. The maximum atomic E-state index is 11.2. The molecule has 26 heavy (non-hydrogen) atoms. The fourth-order valence-electron chi connectivity index (χ4n) is 2.09. The molecule has 0 fully saturated rings. The predicted molar refractivity (Wildman–Crippen MR) is 92.0 cm³/mol. The van der Waals surface area contributed by atoms with Gasteiger partial charge < -0.3 is 14.9 Å². The molecule has 3 rings (SSSR count). The molecule has 0 atom stereocenters. The molecule has 3 aromatic rings. The largest absolute Gasteiger partial charge is 0.497 e. The highest BCUT2D eigenvalue weighted by Crippen LogP contribution is 2.35. The number of nitro groups is 1. The molecule has 0 bridgehead atoms. The van der Waals surface area contributed by atoms with Gasteiger partial charge in [-0.3, -0.25) is 14.9 Å². The minimum absolute atomic E-state index is 0.0468. The standard InChI is InChI=1S/C16H12N4O5S/c1-24-11-5-2-9(3-6-11)15-18-19-16(25-15)26-13-7-4-10(14(17)21)8-12(13)20(22)23/h2-8H,1H3,(H2,17,21). The summed E-state index contributed by atoms with van der Waals surface area (Å²) in [4.78, 5) is 22.1. The molecule has 0 unspecified atom stereocenters. The Labute approximate surface area is 151 Å². The van der Waals surface area contributed by atoms with Gasteiger partial charge in [0.15, 0.2) is 0 Å². The number of ether oxygens (including phenoxy) is 1. The van der Waals surface area contributed by atoms with Crippen molar-refractivity contribution in [3.8, 4) is 17.2 Å². The summed E-state index contributed by atoms with van der Waals surface area (Å²) in [5, 5.41) is 19.2. The topological polar surface area (TPSA) is 134 Å². The molecular weight excluding hydrogens is 360 g/mol. The summed E-state index contributed by atoms with van der Waals surface area (Å²) >= 11 is 0.927. The summed E-state index contributed by atoms with van der Waals surface area (Å²) in [6.45, 7) is 0. The summed E-state index contributed by atoms with van der Waals surface area (Å²) in [7, 11) is 1.56. The minimum Gasteiger partial charge on any atom is -0.497 e. The van der Waals surface area contributed by atoms with Gasteiger partial charge in [0.05, 0.1) is 16.9 Å².